The second-order valence-corrected chi connectivity index (χ2v) is 7.69. The molecule has 1 aliphatic heterocycles. The van der Waals surface area contributed by atoms with E-state index in [2.05, 4.69) is 67.5 Å². The molecule has 1 amide bonds. The minimum Gasteiger partial charge on any atom is -0.361 e. The van der Waals surface area contributed by atoms with E-state index in [4.69, 9.17) is 0 Å². The van der Waals surface area contributed by atoms with E-state index in [0.717, 1.165) is 32.4 Å². The first-order chi connectivity index (χ1) is 13.2. The van der Waals surface area contributed by atoms with Crippen molar-refractivity contribution in [1.82, 2.24) is 9.88 Å². The van der Waals surface area contributed by atoms with Crippen molar-refractivity contribution in [2.24, 2.45) is 0 Å². The molecule has 27 heavy (non-hydrogen) atoms. The van der Waals surface area contributed by atoms with Crippen LogP contribution in [0.2, 0.25) is 0 Å². The number of aromatic nitrogens is 1. The van der Waals surface area contributed by atoms with Gasteiger partial charge < -0.3 is 9.88 Å². The molecule has 1 aliphatic rings. The van der Waals surface area contributed by atoms with Crippen LogP contribution in [0.5, 0.6) is 0 Å². The van der Waals surface area contributed by atoms with Gasteiger partial charge in [0, 0.05) is 42.5 Å². The summed E-state index contributed by atoms with van der Waals surface area (Å²) < 4.78 is 0. The zero-order valence-corrected chi connectivity index (χ0v) is 16.3. The molecule has 0 bridgehead atoms. The average molecular weight is 361 g/mol. The van der Waals surface area contributed by atoms with Gasteiger partial charge in [-0.2, -0.15) is 0 Å². The molecule has 1 N–H and O–H groups in total. The van der Waals surface area contributed by atoms with Crippen LogP contribution in [0, 0.1) is 6.92 Å². The Hall–Kier alpha value is -2.55. The molecule has 0 aliphatic carbocycles. The number of aromatic amines is 1. The van der Waals surface area contributed by atoms with Gasteiger partial charge in [0.25, 0.3) is 0 Å². The molecule has 0 spiro atoms. The van der Waals surface area contributed by atoms with Gasteiger partial charge in [-0.1, -0.05) is 55.0 Å². The third kappa shape index (κ3) is 3.51. The van der Waals surface area contributed by atoms with Crippen LogP contribution in [0.3, 0.4) is 0 Å². The lowest BCUT2D eigenvalue weighted by atomic mass is 9.87. The smallest absolute Gasteiger partial charge is 0.223 e. The van der Waals surface area contributed by atoms with Crippen molar-refractivity contribution in [2.75, 3.05) is 13.1 Å². The predicted octanol–water partition coefficient (Wildman–Crippen LogP) is 5.18. The van der Waals surface area contributed by atoms with Crippen molar-refractivity contribution in [3.8, 4) is 0 Å². The Balaban J connectivity index is 1.75. The van der Waals surface area contributed by atoms with E-state index < -0.39 is 0 Å². The maximum atomic E-state index is 13.0. The number of carbonyl (C=O) groups excluding carboxylic acids is 1. The number of hydrogen-bond acceptors (Lipinski definition) is 1. The van der Waals surface area contributed by atoms with Gasteiger partial charge in [-0.25, -0.2) is 0 Å². The molecule has 2 heterocycles. The Morgan fingerprint density at radius 1 is 1.11 bits per heavy atom. The van der Waals surface area contributed by atoms with Gasteiger partial charge in [0.2, 0.25) is 5.91 Å². The Kier molecular flexibility index (Phi) is 5.02. The molecule has 3 aromatic rings. The Morgan fingerprint density at radius 3 is 2.56 bits per heavy atom. The summed E-state index contributed by atoms with van der Waals surface area (Å²) in [6, 6.07) is 15.2. The van der Waals surface area contributed by atoms with Crippen LogP contribution < -0.4 is 0 Å². The Morgan fingerprint density at radius 2 is 1.85 bits per heavy atom. The number of H-pyrrole nitrogens is 1. The fraction of sp³-hybridized carbons (Fsp3) is 0.375. The van der Waals surface area contributed by atoms with Gasteiger partial charge in [-0.05, 0) is 42.9 Å². The van der Waals surface area contributed by atoms with Gasteiger partial charge in [0.05, 0.1) is 0 Å². The van der Waals surface area contributed by atoms with E-state index in [1.165, 1.54) is 33.2 Å². The van der Waals surface area contributed by atoms with Gasteiger partial charge in [0.15, 0.2) is 0 Å². The summed E-state index contributed by atoms with van der Waals surface area (Å²) in [5, 5.41) is 1.24. The molecular weight excluding hydrogens is 332 g/mol. The molecule has 2 aromatic carbocycles. The molecule has 1 saturated heterocycles. The normalized spacial score (nSPS) is 15.4. The predicted molar refractivity (Wildman–Crippen MR) is 111 cm³/mol. The van der Waals surface area contributed by atoms with E-state index in [-0.39, 0.29) is 11.8 Å². The fourth-order valence-electron chi connectivity index (χ4n) is 4.30. The highest BCUT2D eigenvalue weighted by Gasteiger charge is 2.26. The van der Waals surface area contributed by atoms with Crippen LogP contribution in [0.25, 0.3) is 10.9 Å². The molecule has 4 rings (SSSR count). The van der Waals surface area contributed by atoms with E-state index in [9.17, 15) is 4.79 Å². The number of para-hydroxylation sites is 1. The average Bonchev–Trinajstić information content (AvgIpc) is 3.36. The molecular formula is C24H28N2O. The SMILES string of the molecule is CCc1cccc2c([C@@H](CC(=O)N3CCCC3)c3ccc(C)cc3)c[nH]c12. The van der Waals surface area contributed by atoms with Crippen molar-refractivity contribution in [1.29, 1.82) is 0 Å². The van der Waals surface area contributed by atoms with Crippen LogP contribution in [0.4, 0.5) is 0 Å². The summed E-state index contributed by atoms with van der Waals surface area (Å²) in [5.74, 6) is 0.360. The highest BCUT2D eigenvalue weighted by molar-refractivity contribution is 5.88. The zero-order valence-electron chi connectivity index (χ0n) is 16.3. The second-order valence-electron chi connectivity index (χ2n) is 7.69. The number of aryl methyl sites for hydroxylation is 2. The third-order valence-corrected chi connectivity index (χ3v) is 5.91. The number of carbonyl (C=O) groups is 1. The van der Waals surface area contributed by atoms with Gasteiger partial charge in [0.1, 0.15) is 0 Å². The minimum absolute atomic E-state index is 0.0829. The van der Waals surface area contributed by atoms with Crippen molar-refractivity contribution >= 4 is 16.8 Å². The Bertz CT molecular complexity index is 933. The largest absolute Gasteiger partial charge is 0.361 e. The van der Waals surface area contributed by atoms with Crippen LogP contribution >= 0.6 is 0 Å². The monoisotopic (exact) mass is 360 g/mol. The molecule has 1 atom stereocenters. The van der Waals surface area contributed by atoms with Gasteiger partial charge in [-0.3, -0.25) is 4.79 Å². The molecule has 0 unspecified atom stereocenters. The quantitative estimate of drug-likeness (QED) is 0.668. The number of hydrogen-bond donors (Lipinski definition) is 1. The van der Waals surface area contributed by atoms with Crippen molar-refractivity contribution in [3.05, 3.63) is 70.9 Å². The van der Waals surface area contributed by atoms with Crippen molar-refractivity contribution in [2.45, 2.75) is 45.4 Å². The first-order valence-electron chi connectivity index (χ1n) is 10.1. The van der Waals surface area contributed by atoms with Crippen LogP contribution in [-0.4, -0.2) is 28.9 Å². The molecule has 1 fully saturated rings. The summed E-state index contributed by atoms with van der Waals surface area (Å²) in [7, 11) is 0. The van der Waals surface area contributed by atoms with Crippen molar-refractivity contribution < 1.29 is 4.79 Å². The maximum absolute atomic E-state index is 13.0. The van der Waals surface area contributed by atoms with E-state index in [1.54, 1.807) is 0 Å². The van der Waals surface area contributed by atoms with E-state index >= 15 is 0 Å². The molecule has 0 saturated carbocycles. The Labute approximate surface area is 161 Å². The topological polar surface area (TPSA) is 36.1 Å². The lowest BCUT2D eigenvalue weighted by molar-refractivity contribution is -0.130. The fourth-order valence-corrected chi connectivity index (χ4v) is 4.30. The van der Waals surface area contributed by atoms with E-state index in [1.807, 2.05) is 4.90 Å². The van der Waals surface area contributed by atoms with Gasteiger partial charge >= 0.3 is 0 Å². The summed E-state index contributed by atoms with van der Waals surface area (Å²) in [4.78, 5) is 18.5. The molecule has 1 aromatic heterocycles. The van der Waals surface area contributed by atoms with Crippen LogP contribution in [0.1, 0.15) is 54.4 Å². The van der Waals surface area contributed by atoms with E-state index in [0.29, 0.717) is 6.42 Å². The van der Waals surface area contributed by atoms with Crippen molar-refractivity contribution in [3.63, 3.8) is 0 Å². The number of fused-ring (bicyclic) bond motifs is 1. The number of rotatable bonds is 5. The highest BCUT2D eigenvalue weighted by Crippen LogP contribution is 2.35. The molecule has 3 nitrogen and oxygen atoms in total. The first-order valence-corrected chi connectivity index (χ1v) is 10.1. The molecule has 140 valence electrons. The summed E-state index contributed by atoms with van der Waals surface area (Å²) >= 11 is 0. The highest BCUT2D eigenvalue weighted by atomic mass is 16.2. The zero-order chi connectivity index (χ0) is 18.8. The molecule has 0 radical (unpaired) electrons. The first kappa shape index (κ1) is 17.8. The molecule has 3 heteroatoms. The maximum Gasteiger partial charge on any atom is 0.223 e. The second kappa shape index (κ2) is 7.59. The summed E-state index contributed by atoms with van der Waals surface area (Å²) in [6.07, 6.45) is 5.92. The number of benzene rings is 2. The summed E-state index contributed by atoms with van der Waals surface area (Å²) in [5.41, 5.74) is 6.23. The number of likely N-dealkylation sites (tertiary alicyclic amines) is 1. The number of nitrogens with zero attached hydrogens (tertiary/aromatic N) is 1. The minimum atomic E-state index is 0.0829. The summed E-state index contributed by atoms with van der Waals surface area (Å²) in [6.45, 7) is 6.11. The number of nitrogens with one attached hydrogen (secondary N) is 1. The standard InChI is InChI=1S/C24H28N2O/c1-3-18-7-6-8-20-22(16-25-24(18)20)21(19-11-9-17(2)10-12-19)15-23(27)26-13-4-5-14-26/h6-12,16,21,25H,3-5,13-15H2,1-2H3/t21-/m0/s1. The van der Waals surface area contributed by atoms with Crippen LogP contribution in [-0.2, 0) is 11.2 Å². The number of amides is 1. The van der Waals surface area contributed by atoms with Gasteiger partial charge in [-0.15, -0.1) is 0 Å². The third-order valence-electron chi connectivity index (χ3n) is 5.91. The lowest BCUT2D eigenvalue weighted by Crippen LogP contribution is -2.29. The lowest BCUT2D eigenvalue weighted by Gasteiger charge is -2.21. The van der Waals surface area contributed by atoms with Crippen LogP contribution in [0.15, 0.2) is 48.7 Å².